The average molecular weight is 242 g/mol. The molecule has 0 aromatic carbocycles. The Hall–Kier alpha value is -0.610. The van der Waals surface area contributed by atoms with E-state index in [9.17, 15) is 4.79 Å². The first-order valence-electron chi connectivity index (χ1n) is 6.75. The molecular weight excluding hydrogens is 216 g/mol. The number of ether oxygens (including phenoxy) is 1. The van der Waals surface area contributed by atoms with Gasteiger partial charge in [0.1, 0.15) is 6.04 Å². The summed E-state index contributed by atoms with van der Waals surface area (Å²) < 4.78 is 5.04. The van der Waals surface area contributed by atoms with E-state index in [0.29, 0.717) is 12.5 Å². The van der Waals surface area contributed by atoms with Gasteiger partial charge in [0.2, 0.25) is 0 Å². The highest BCUT2D eigenvalue weighted by atomic mass is 16.5. The molecule has 0 bridgehead atoms. The van der Waals surface area contributed by atoms with Gasteiger partial charge < -0.3 is 15.0 Å². The zero-order valence-electron chi connectivity index (χ0n) is 11.4. The lowest BCUT2D eigenvalue weighted by Gasteiger charge is -2.30. The summed E-state index contributed by atoms with van der Waals surface area (Å²) in [7, 11) is 2.16. The summed E-state index contributed by atoms with van der Waals surface area (Å²) in [6.07, 6.45) is 3.25. The van der Waals surface area contributed by atoms with Crippen LogP contribution in [0.3, 0.4) is 0 Å². The third-order valence-electron chi connectivity index (χ3n) is 3.47. The van der Waals surface area contributed by atoms with Gasteiger partial charge in [-0.3, -0.25) is 4.79 Å². The van der Waals surface area contributed by atoms with E-state index in [1.54, 1.807) is 0 Å². The molecule has 0 spiro atoms. The number of rotatable bonds is 6. The van der Waals surface area contributed by atoms with Gasteiger partial charge in [-0.25, -0.2) is 0 Å². The quantitative estimate of drug-likeness (QED) is 0.712. The molecule has 1 unspecified atom stereocenters. The maximum Gasteiger partial charge on any atom is 0.323 e. The van der Waals surface area contributed by atoms with Crippen molar-refractivity contribution < 1.29 is 9.53 Å². The van der Waals surface area contributed by atoms with E-state index in [1.165, 1.54) is 25.9 Å². The molecule has 0 saturated carbocycles. The molecule has 4 nitrogen and oxygen atoms in total. The predicted octanol–water partition coefficient (Wildman–Crippen LogP) is 1.26. The normalized spacial score (nSPS) is 20.2. The van der Waals surface area contributed by atoms with Crippen molar-refractivity contribution in [3.63, 3.8) is 0 Å². The van der Waals surface area contributed by atoms with Crippen LogP contribution in [0.15, 0.2) is 0 Å². The number of nitrogens with one attached hydrogen (secondary N) is 1. The van der Waals surface area contributed by atoms with Crippen molar-refractivity contribution in [2.45, 2.75) is 39.2 Å². The fourth-order valence-electron chi connectivity index (χ4n) is 2.21. The van der Waals surface area contributed by atoms with Gasteiger partial charge in [-0.1, -0.05) is 6.92 Å². The monoisotopic (exact) mass is 242 g/mol. The molecule has 1 rings (SSSR count). The van der Waals surface area contributed by atoms with Crippen molar-refractivity contribution in [3.8, 4) is 0 Å². The zero-order chi connectivity index (χ0) is 12.7. The minimum Gasteiger partial charge on any atom is -0.465 e. The van der Waals surface area contributed by atoms with Gasteiger partial charge in [0.15, 0.2) is 0 Å². The molecule has 1 aliphatic rings. The predicted molar refractivity (Wildman–Crippen MR) is 68.9 cm³/mol. The van der Waals surface area contributed by atoms with Gasteiger partial charge in [0.25, 0.3) is 0 Å². The molecule has 0 radical (unpaired) electrons. The Kier molecular flexibility index (Phi) is 6.52. The number of hydrogen-bond acceptors (Lipinski definition) is 4. The minimum absolute atomic E-state index is 0.108. The van der Waals surface area contributed by atoms with Gasteiger partial charge in [-0.05, 0) is 58.8 Å². The van der Waals surface area contributed by atoms with Crippen molar-refractivity contribution in [2.75, 3.05) is 33.3 Å². The molecule has 1 saturated heterocycles. The van der Waals surface area contributed by atoms with Crippen LogP contribution in [0.2, 0.25) is 0 Å². The SMILES string of the molecule is CCOC(=O)C(CC)NCC1CCN(C)CC1. The second-order valence-corrected chi connectivity index (χ2v) is 4.87. The Morgan fingerprint density at radius 3 is 2.59 bits per heavy atom. The molecule has 1 N–H and O–H groups in total. The van der Waals surface area contributed by atoms with E-state index in [1.807, 2.05) is 13.8 Å². The number of likely N-dealkylation sites (tertiary alicyclic amines) is 1. The molecule has 1 fully saturated rings. The molecule has 0 aromatic heterocycles. The highest BCUT2D eigenvalue weighted by Crippen LogP contribution is 2.15. The molecule has 1 aliphatic heterocycles. The molecule has 0 aromatic rings. The lowest BCUT2D eigenvalue weighted by molar-refractivity contribution is -0.145. The largest absolute Gasteiger partial charge is 0.465 e. The fourth-order valence-corrected chi connectivity index (χ4v) is 2.21. The highest BCUT2D eigenvalue weighted by Gasteiger charge is 2.21. The molecular formula is C13H26N2O2. The molecule has 1 heterocycles. The van der Waals surface area contributed by atoms with Crippen LogP contribution in [0.5, 0.6) is 0 Å². The second-order valence-electron chi connectivity index (χ2n) is 4.87. The minimum atomic E-state index is -0.130. The number of carbonyl (C=O) groups excluding carboxylic acids is 1. The summed E-state index contributed by atoms with van der Waals surface area (Å²) in [5, 5.41) is 3.35. The first kappa shape index (κ1) is 14.5. The van der Waals surface area contributed by atoms with Crippen molar-refractivity contribution in [1.82, 2.24) is 10.2 Å². The summed E-state index contributed by atoms with van der Waals surface area (Å²) in [6.45, 7) is 7.60. The number of esters is 1. The molecule has 0 amide bonds. The van der Waals surface area contributed by atoms with Crippen LogP contribution in [0.4, 0.5) is 0 Å². The van der Waals surface area contributed by atoms with Crippen LogP contribution in [0.25, 0.3) is 0 Å². The van der Waals surface area contributed by atoms with E-state index < -0.39 is 0 Å². The lowest BCUT2D eigenvalue weighted by atomic mass is 9.97. The molecule has 1 atom stereocenters. The van der Waals surface area contributed by atoms with Crippen LogP contribution in [-0.2, 0) is 9.53 Å². The zero-order valence-corrected chi connectivity index (χ0v) is 11.4. The summed E-state index contributed by atoms with van der Waals surface area (Å²) in [5.41, 5.74) is 0. The maximum atomic E-state index is 11.6. The third-order valence-corrected chi connectivity index (χ3v) is 3.47. The van der Waals surface area contributed by atoms with E-state index in [4.69, 9.17) is 4.74 Å². The molecule has 4 heteroatoms. The maximum absolute atomic E-state index is 11.6. The van der Waals surface area contributed by atoms with Crippen LogP contribution in [-0.4, -0.2) is 50.2 Å². The first-order valence-corrected chi connectivity index (χ1v) is 6.75. The van der Waals surface area contributed by atoms with Gasteiger partial charge in [0, 0.05) is 0 Å². The highest BCUT2D eigenvalue weighted by molar-refractivity contribution is 5.75. The number of hydrogen-bond donors (Lipinski definition) is 1. The van der Waals surface area contributed by atoms with Gasteiger partial charge in [0.05, 0.1) is 6.61 Å². The van der Waals surface area contributed by atoms with Crippen molar-refractivity contribution >= 4 is 5.97 Å². The van der Waals surface area contributed by atoms with E-state index >= 15 is 0 Å². The summed E-state index contributed by atoms with van der Waals surface area (Å²) in [6, 6.07) is -0.130. The van der Waals surface area contributed by atoms with Crippen molar-refractivity contribution in [2.24, 2.45) is 5.92 Å². The Labute approximate surface area is 105 Å². The molecule has 17 heavy (non-hydrogen) atoms. The van der Waals surface area contributed by atoms with E-state index in [2.05, 4.69) is 17.3 Å². The van der Waals surface area contributed by atoms with Gasteiger partial charge in [-0.2, -0.15) is 0 Å². The first-order chi connectivity index (χ1) is 8.17. The van der Waals surface area contributed by atoms with Gasteiger partial charge in [-0.15, -0.1) is 0 Å². The number of carbonyl (C=O) groups is 1. The summed E-state index contributed by atoms with van der Waals surface area (Å²) >= 11 is 0. The number of nitrogens with zero attached hydrogens (tertiary/aromatic N) is 1. The van der Waals surface area contributed by atoms with Gasteiger partial charge >= 0.3 is 5.97 Å². The summed E-state index contributed by atoms with van der Waals surface area (Å²) in [4.78, 5) is 14.0. The van der Waals surface area contributed by atoms with Crippen LogP contribution in [0.1, 0.15) is 33.1 Å². The number of piperidine rings is 1. The van der Waals surface area contributed by atoms with E-state index in [-0.39, 0.29) is 12.0 Å². The van der Waals surface area contributed by atoms with Crippen molar-refractivity contribution in [1.29, 1.82) is 0 Å². The summed E-state index contributed by atoms with van der Waals surface area (Å²) in [5.74, 6) is 0.595. The Morgan fingerprint density at radius 2 is 2.06 bits per heavy atom. The fraction of sp³-hybridized carbons (Fsp3) is 0.923. The van der Waals surface area contributed by atoms with Crippen LogP contribution >= 0.6 is 0 Å². The smallest absolute Gasteiger partial charge is 0.323 e. The molecule has 0 aliphatic carbocycles. The van der Waals surface area contributed by atoms with Crippen LogP contribution < -0.4 is 5.32 Å². The lowest BCUT2D eigenvalue weighted by Crippen LogP contribution is -2.42. The van der Waals surface area contributed by atoms with E-state index in [0.717, 1.165) is 13.0 Å². The molecule has 100 valence electrons. The Bertz CT molecular complexity index is 225. The topological polar surface area (TPSA) is 41.6 Å². The Morgan fingerprint density at radius 1 is 1.41 bits per heavy atom. The standard InChI is InChI=1S/C13H26N2O2/c1-4-12(13(16)17-5-2)14-10-11-6-8-15(3)9-7-11/h11-12,14H,4-10H2,1-3H3. The Balaban J connectivity index is 2.25. The third kappa shape index (κ3) is 5.04. The second kappa shape index (κ2) is 7.67. The van der Waals surface area contributed by atoms with Crippen LogP contribution in [0, 0.1) is 5.92 Å². The van der Waals surface area contributed by atoms with Crippen molar-refractivity contribution in [3.05, 3.63) is 0 Å². The average Bonchev–Trinajstić information content (AvgIpc) is 2.32.